The molecule has 2 aromatic carbocycles. The van der Waals surface area contributed by atoms with E-state index >= 15 is 0 Å². The fourth-order valence-electron chi connectivity index (χ4n) is 4.04. The van der Waals surface area contributed by atoms with Crippen LogP contribution in [0.15, 0.2) is 54.7 Å². The Bertz CT molecular complexity index is 849. The zero-order chi connectivity index (χ0) is 17.1. The quantitative estimate of drug-likeness (QED) is 0.712. The van der Waals surface area contributed by atoms with Gasteiger partial charge in [0.05, 0.1) is 7.11 Å². The summed E-state index contributed by atoms with van der Waals surface area (Å²) in [5.41, 5.74) is 4.08. The number of fused-ring (bicyclic) bond motifs is 1. The van der Waals surface area contributed by atoms with Crippen molar-refractivity contribution in [3.05, 3.63) is 65.9 Å². The van der Waals surface area contributed by atoms with Gasteiger partial charge < -0.3 is 20.1 Å². The summed E-state index contributed by atoms with van der Waals surface area (Å²) in [6.45, 7) is 3.49. The summed E-state index contributed by atoms with van der Waals surface area (Å²) < 4.78 is 5.39. The van der Waals surface area contributed by atoms with Gasteiger partial charge in [-0.3, -0.25) is 0 Å². The van der Waals surface area contributed by atoms with Crippen LogP contribution in [0.4, 0.5) is 0 Å². The number of aromatic amines is 1. The van der Waals surface area contributed by atoms with Gasteiger partial charge >= 0.3 is 0 Å². The first-order chi connectivity index (χ1) is 12.3. The van der Waals surface area contributed by atoms with E-state index in [1.807, 2.05) is 6.07 Å². The number of nitrogens with one attached hydrogen (secondary N) is 1. The number of aromatic nitrogens is 1. The fourth-order valence-corrected chi connectivity index (χ4v) is 4.04. The molecule has 3 N–H and O–H groups in total. The highest BCUT2D eigenvalue weighted by Gasteiger charge is 2.21. The maximum absolute atomic E-state index is 5.39. The van der Waals surface area contributed by atoms with Gasteiger partial charge in [0.15, 0.2) is 0 Å². The number of benzene rings is 2. The van der Waals surface area contributed by atoms with Crippen LogP contribution in [0.5, 0.6) is 5.75 Å². The highest BCUT2D eigenvalue weighted by atomic mass is 35.5. The number of piperidine rings is 1. The SMILES string of the molecule is COc1cccc(C2CCCN(CCc3c[nH]c4ccccc34)C2)c1.Cl.O. The Morgan fingerprint density at radius 3 is 2.85 bits per heavy atom. The molecule has 2 heterocycles. The van der Waals surface area contributed by atoms with Gasteiger partial charge in [0.2, 0.25) is 0 Å². The molecule has 4 rings (SSSR count). The van der Waals surface area contributed by atoms with Crippen LogP contribution >= 0.6 is 12.4 Å². The minimum absolute atomic E-state index is 0. The molecule has 1 saturated heterocycles. The Kier molecular flexibility index (Phi) is 7.72. The second-order valence-electron chi connectivity index (χ2n) is 7.03. The predicted molar refractivity (Wildman–Crippen MR) is 114 cm³/mol. The van der Waals surface area contributed by atoms with Crippen molar-refractivity contribution >= 4 is 23.3 Å². The fraction of sp³-hybridized carbons (Fsp3) is 0.364. The summed E-state index contributed by atoms with van der Waals surface area (Å²) >= 11 is 0. The lowest BCUT2D eigenvalue weighted by atomic mass is 9.90. The van der Waals surface area contributed by atoms with E-state index in [4.69, 9.17) is 4.74 Å². The zero-order valence-electron chi connectivity index (χ0n) is 15.8. The second-order valence-corrected chi connectivity index (χ2v) is 7.03. The molecule has 3 aromatic rings. The summed E-state index contributed by atoms with van der Waals surface area (Å²) in [7, 11) is 1.74. The largest absolute Gasteiger partial charge is 0.497 e. The molecule has 1 aliphatic rings. The van der Waals surface area contributed by atoms with Gasteiger partial charge in [0.1, 0.15) is 5.75 Å². The van der Waals surface area contributed by atoms with Crippen molar-refractivity contribution in [2.75, 3.05) is 26.7 Å². The summed E-state index contributed by atoms with van der Waals surface area (Å²) in [4.78, 5) is 6.01. The van der Waals surface area contributed by atoms with Crippen LogP contribution < -0.4 is 4.74 Å². The molecule has 1 aliphatic heterocycles. The Balaban J connectivity index is 0.00000131. The van der Waals surface area contributed by atoms with Crippen LogP contribution in [0.1, 0.15) is 29.9 Å². The summed E-state index contributed by atoms with van der Waals surface area (Å²) in [6, 6.07) is 17.2. The number of H-pyrrole nitrogens is 1. The molecule has 1 unspecified atom stereocenters. The van der Waals surface area contributed by atoms with E-state index < -0.39 is 0 Å². The number of hydrogen-bond donors (Lipinski definition) is 1. The van der Waals surface area contributed by atoms with Crippen molar-refractivity contribution in [3.8, 4) is 5.75 Å². The van der Waals surface area contributed by atoms with Crippen LogP contribution in [0.2, 0.25) is 0 Å². The number of hydrogen-bond acceptors (Lipinski definition) is 2. The highest BCUT2D eigenvalue weighted by Crippen LogP contribution is 2.29. The van der Waals surface area contributed by atoms with Crippen molar-refractivity contribution in [2.24, 2.45) is 0 Å². The minimum Gasteiger partial charge on any atom is -0.497 e. The van der Waals surface area contributed by atoms with Gasteiger partial charge in [0, 0.05) is 30.2 Å². The lowest BCUT2D eigenvalue weighted by Gasteiger charge is -2.33. The van der Waals surface area contributed by atoms with Gasteiger partial charge in [-0.15, -0.1) is 12.4 Å². The lowest BCUT2D eigenvalue weighted by Crippen LogP contribution is -2.35. The van der Waals surface area contributed by atoms with Crippen LogP contribution in [0, 0.1) is 0 Å². The number of para-hydroxylation sites is 1. The molecule has 1 atom stereocenters. The van der Waals surface area contributed by atoms with Crippen molar-refractivity contribution < 1.29 is 10.2 Å². The Labute approximate surface area is 167 Å². The number of ether oxygens (including phenoxy) is 1. The number of methoxy groups -OCH3 is 1. The molecule has 0 saturated carbocycles. The standard InChI is InChI=1S/C22H26N2O.ClH.H2O/c1-25-20-8-4-6-17(14-20)19-7-5-12-24(16-19)13-11-18-15-23-22-10-3-2-9-21(18)22;;/h2-4,6,8-10,14-15,19,23H,5,7,11-13,16H2,1H3;1H;1H2. The van der Waals surface area contributed by atoms with Crippen LogP contribution in [0.3, 0.4) is 0 Å². The van der Waals surface area contributed by atoms with Crippen molar-refractivity contribution in [1.29, 1.82) is 0 Å². The van der Waals surface area contributed by atoms with E-state index in [1.54, 1.807) is 7.11 Å². The first kappa shape index (κ1) is 21.3. The highest BCUT2D eigenvalue weighted by molar-refractivity contribution is 5.85. The third-order valence-electron chi connectivity index (χ3n) is 5.44. The van der Waals surface area contributed by atoms with Gasteiger partial charge in [-0.1, -0.05) is 30.3 Å². The van der Waals surface area contributed by atoms with E-state index in [2.05, 4.69) is 58.5 Å². The molecular formula is C22H29ClN2O2. The number of halogens is 1. The minimum atomic E-state index is 0. The second kappa shape index (κ2) is 9.79. The van der Waals surface area contributed by atoms with Gasteiger partial charge in [-0.05, 0) is 61.1 Å². The third kappa shape index (κ3) is 4.83. The molecule has 4 nitrogen and oxygen atoms in total. The van der Waals surface area contributed by atoms with Crippen LogP contribution in [0.25, 0.3) is 10.9 Å². The topological polar surface area (TPSA) is 59.8 Å². The Morgan fingerprint density at radius 1 is 1.15 bits per heavy atom. The van der Waals surface area contributed by atoms with E-state index in [0.29, 0.717) is 5.92 Å². The maximum Gasteiger partial charge on any atom is 0.119 e. The normalized spacial score (nSPS) is 17.1. The predicted octanol–water partition coefficient (Wildman–Crippen LogP) is 4.20. The van der Waals surface area contributed by atoms with E-state index in [9.17, 15) is 0 Å². The summed E-state index contributed by atoms with van der Waals surface area (Å²) in [5, 5.41) is 1.36. The van der Waals surface area contributed by atoms with Gasteiger partial charge in [0.25, 0.3) is 0 Å². The molecule has 1 fully saturated rings. The van der Waals surface area contributed by atoms with Crippen molar-refractivity contribution in [3.63, 3.8) is 0 Å². The first-order valence-electron chi connectivity index (χ1n) is 9.25. The van der Waals surface area contributed by atoms with Crippen LogP contribution in [-0.2, 0) is 6.42 Å². The molecular weight excluding hydrogens is 360 g/mol. The molecule has 0 aliphatic carbocycles. The smallest absolute Gasteiger partial charge is 0.119 e. The van der Waals surface area contributed by atoms with E-state index in [1.165, 1.54) is 41.4 Å². The third-order valence-corrected chi connectivity index (χ3v) is 5.44. The van der Waals surface area contributed by atoms with E-state index in [0.717, 1.165) is 25.3 Å². The molecule has 0 spiro atoms. The molecule has 0 bridgehead atoms. The summed E-state index contributed by atoms with van der Waals surface area (Å²) in [5.74, 6) is 1.58. The first-order valence-corrected chi connectivity index (χ1v) is 9.25. The molecule has 27 heavy (non-hydrogen) atoms. The van der Waals surface area contributed by atoms with E-state index in [-0.39, 0.29) is 17.9 Å². The molecule has 1 aromatic heterocycles. The Morgan fingerprint density at radius 2 is 2.00 bits per heavy atom. The monoisotopic (exact) mass is 388 g/mol. The Hall–Kier alpha value is -2.01. The maximum atomic E-state index is 5.39. The average Bonchev–Trinajstić information content (AvgIpc) is 3.10. The molecule has 0 radical (unpaired) electrons. The number of nitrogens with zero attached hydrogens (tertiary/aromatic N) is 1. The lowest BCUT2D eigenvalue weighted by molar-refractivity contribution is 0.210. The van der Waals surface area contributed by atoms with Crippen molar-refractivity contribution in [2.45, 2.75) is 25.2 Å². The van der Waals surface area contributed by atoms with Gasteiger partial charge in [-0.2, -0.15) is 0 Å². The summed E-state index contributed by atoms with van der Waals surface area (Å²) in [6.07, 6.45) is 5.83. The molecule has 146 valence electrons. The molecule has 5 heteroatoms. The zero-order valence-corrected chi connectivity index (χ0v) is 16.6. The number of likely N-dealkylation sites (tertiary alicyclic amines) is 1. The van der Waals surface area contributed by atoms with Crippen LogP contribution in [-0.4, -0.2) is 42.1 Å². The number of rotatable bonds is 5. The average molecular weight is 389 g/mol. The van der Waals surface area contributed by atoms with Gasteiger partial charge in [-0.25, -0.2) is 0 Å². The van der Waals surface area contributed by atoms with Crippen molar-refractivity contribution in [1.82, 2.24) is 9.88 Å². The molecule has 0 amide bonds.